The van der Waals surface area contributed by atoms with Crippen molar-refractivity contribution in [3.8, 4) is 5.75 Å². The van der Waals surface area contributed by atoms with E-state index in [1.54, 1.807) is 0 Å². The van der Waals surface area contributed by atoms with Crippen molar-refractivity contribution < 1.29 is 18.3 Å². The average molecular weight is 248 g/mol. The lowest BCUT2D eigenvalue weighted by molar-refractivity contribution is 0.111. The highest BCUT2D eigenvalue weighted by atomic mass is 19.1. The Labute approximate surface area is 103 Å². The number of hydrogen-bond donors (Lipinski definition) is 0. The first-order valence-corrected chi connectivity index (χ1v) is 5.31. The predicted molar refractivity (Wildman–Crippen MR) is 62.5 cm³/mol. The first kappa shape index (κ1) is 12.2. The van der Waals surface area contributed by atoms with Crippen LogP contribution < -0.4 is 4.74 Å². The summed E-state index contributed by atoms with van der Waals surface area (Å²) in [6.45, 7) is 0.208. The third kappa shape index (κ3) is 2.71. The number of benzene rings is 2. The molecular formula is C14H10F2O2. The lowest BCUT2D eigenvalue weighted by Gasteiger charge is -2.07. The fourth-order valence-corrected chi connectivity index (χ4v) is 1.50. The Morgan fingerprint density at radius 2 is 1.67 bits per heavy atom. The molecular weight excluding hydrogens is 238 g/mol. The molecule has 18 heavy (non-hydrogen) atoms. The molecule has 2 nitrogen and oxygen atoms in total. The zero-order valence-electron chi connectivity index (χ0n) is 9.40. The molecule has 92 valence electrons. The van der Waals surface area contributed by atoms with E-state index in [0.29, 0.717) is 0 Å². The van der Waals surface area contributed by atoms with E-state index in [2.05, 4.69) is 0 Å². The summed E-state index contributed by atoms with van der Waals surface area (Å²) < 4.78 is 31.8. The molecule has 0 unspecified atom stereocenters. The van der Waals surface area contributed by atoms with Crippen molar-refractivity contribution in [2.45, 2.75) is 6.61 Å². The molecule has 0 bridgehead atoms. The quantitative estimate of drug-likeness (QED) is 0.775. The maximum Gasteiger partial charge on any atom is 0.155 e. The standard InChI is InChI=1S/C14H10F2O2/c15-13-6-11(7-14(16)12(13)8-17)18-9-10-4-2-1-3-5-10/h1-8H,9H2. The molecule has 0 fully saturated rings. The molecule has 0 saturated heterocycles. The summed E-state index contributed by atoms with van der Waals surface area (Å²) in [6.07, 6.45) is 0.144. The summed E-state index contributed by atoms with van der Waals surface area (Å²) in [5, 5.41) is 0. The topological polar surface area (TPSA) is 26.3 Å². The molecule has 0 N–H and O–H groups in total. The van der Waals surface area contributed by atoms with E-state index in [1.807, 2.05) is 30.3 Å². The molecule has 0 aliphatic carbocycles. The monoisotopic (exact) mass is 248 g/mol. The Morgan fingerprint density at radius 1 is 1.06 bits per heavy atom. The molecule has 0 heterocycles. The van der Waals surface area contributed by atoms with Crippen LogP contribution in [0.25, 0.3) is 0 Å². The summed E-state index contributed by atoms with van der Waals surface area (Å²) in [7, 11) is 0. The molecule has 0 atom stereocenters. The summed E-state index contributed by atoms with van der Waals surface area (Å²) >= 11 is 0. The number of carbonyl (C=O) groups excluding carboxylic acids is 1. The summed E-state index contributed by atoms with van der Waals surface area (Å²) in [5.41, 5.74) is 0.305. The molecule has 2 rings (SSSR count). The Balaban J connectivity index is 2.13. The highest BCUT2D eigenvalue weighted by Gasteiger charge is 2.10. The molecule has 2 aromatic rings. The molecule has 0 saturated carbocycles. The van der Waals surface area contributed by atoms with Gasteiger partial charge in [0.05, 0.1) is 5.56 Å². The summed E-state index contributed by atoms with van der Waals surface area (Å²) in [6, 6.07) is 11.2. The van der Waals surface area contributed by atoms with Crippen LogP contribution in [0.5, 0.6) is 5.75 Å². The number of rotatable bonds is 4. The van der Waals surface area contributed by atoms with Crippen molar-refractivity contribution in [1.82, 2.24) is 0 Å². The van der Waals surface area contributed by atoms with Gasteiger partial charge in [-0.1, -0.05) is 30.3 Å². The van der Waals surface area contributed by atoms with E-state index in [-0.39, 0.29) is 18.6 Å². The van der Waals surface area contributed by atoms with Crippen LogP contribution in [0.2, 0.25) is 0 Å². The largest absolute Gasteiger partial charge is 0.489 e. The van der Waals surface area contributed by atoms with E-state index < -0.39 is 17.2 Å². The maximum atomic E-state index is 13.3. The second-order valence-electron chi connectivity index (χ2n) is 3.69. The summed E-state index contributed by atoms with van der Waals surface area (Å²) in [4.78, 5) is 10.4. The van der Waals surface area contributed by atoms with Crippen molar-refractivity contribution >= 4 is 6.29 Å². The van der Waals surface area contributed by atoms with Crippen molar-refractivity contribution in [3.05, 3.63) is 65.2 Å². The third-order valence-electron chi connectivity index (χ3n) is 2.42. The second-order valence-corrected chi connectivity index (χ2v) is 3.69. The zero-order valence-corrected chi connectivity index (χ0v) is 9.40. The van der Waals surface area contributed by atoms with Crippen molar-refractivity contribution in [2.24, 2.45) is 0 Å². The van der Waals surface area contributed by atoms with Crippen LogP contribution in [0.4, 0.5) is 8.78 Å². The number of carbonyl (C=O) groups is 1. The van der Waals surface area contributed by atoms with E-state index in [1.165, 1.54) is 0 Å². The van der Waals surface area contributed by atoms with Crippen molar-refractivity contribution in [2.75, 3.05) is 0 Å². The lowest BCUT2D eigenvalue weighted by Crippen LogP contribution is -1.99. The van der Waals surface area contributed by atoms with E-state index >= 15 is 0 Å². The lowest BCUT2D eigenvalue weighted by atomic mass is 10.2. The van der Waals surface area contributed by atoms with Crippen LogP contribution in [0.3, 0.4) is 0 Å². The van der Waals surface area contributed by atoms with Gasteiger partial charge in [0.25, 0.3) is 0 Å². The first-order chi connectivity index (χ1) is 8.70. The predicted octanol–water partition coefficient (Wildman–Crippen LogP) is 3.36. The van der Waals surface area contributed by atoms with E-state index in [4.69, 9.17) is 4.74 Å². The highest BCUT2D eigenvalue weighted by Crippen LogP contribution is 2.20. The smallest absolute Gasteiger partial charge is 0.155 e. The van der Waals surface area contributed by atoms with Gasteiger partial charge in [0, 0.05) is 12.1 Å². The molecule has 0 aromatic heterocycles. The van der Waals surface area contributed by atoms with Gasteiger partial charge in [-0.2, -0.15) is 0 Å². The number of aldehydes is 1. The molecule has 0 amide bonds. The van der Waals surface area contributed by atoms with Crippen LogP contribution in [-0.4, -0.2) is 6.29 Å². The number of ether oxygens (including phenoxy) is 1. The number of hydrogen-bond acceptors (Lipinski definition) is 2. The molecule has 0 radical (unpaired) electrons. The first-order valence-electron chi connectivity index (χ1n) is 5.31. The fourth-order valence-electron chi connectivity index (χ4n) is 1.50. The van der Waals surface area contributed by atoms with Gasteiger partial charge in [-0.3, -0.25) is 4.79 Å². The van der Waals surface area contributed by atoms with Gasteiger partial charge in [0.2, 0.25) is 0 Å². The summed E-state index contributed by atoms with van der Waals surface area (Å²) in [5.74, 6) is -1.79. The number of halogens is 2. The Morgan fingerprint density at radius 3 is 2.22 bits per heavy atom. The Bertz CT molecular complexity index is 530. The van der Waals surface area contributed by atoms with Crippen LogP contribution in [0.15, 0.2) is 42.5 Å². The minimum Gasteiger partial charge on any atom is -0.489 e. The van der Waals surface area contributed by atoms with Crippen LogP contribution in [0.1, 0.15) is 15.9 Å². The average Bonchev–Trinajstić information content (AvgIpc) is 2.37. The van der Waals surface area contributed by atoms with Crippen LogP contribution in [0, 0.1) is 11.6 Å². The van der Waals surface area contributed by atoms with E-state index in [9.17, 15) is 13.6 Å². The van der Waals surface area contributed by atoms with Gasteiger partial charge in [-0.25, -0.2) is 8.78 Å². The van der Waals surface area contributed by atoms with Crippen molar-refractivity contribution in [1.29, 1.82) is 0 Å². The zero-order chi connectivity index (χ0) is 13.0. The second kappa shape index (κ2) is 5.40. The molecule has 2 aromatic carbocycles. The molecule has 0 aliphatic heterocycles. The third-order valence-corrected chi connectivity index (χ3v) is 2.42. The van der Waals surface area contributed by atoms with Gasteiger partial charge in [-0.15, -0.1) is 0 Å². The normalized spacial score (nSPS) is 10.1. The minimum absolute atomic E-state index is 0.0550. The Kier molecular flexibility index (Phi) is 3.67. The van der Waals surface area contributed by atoms with Crippen LogP contribution >= 0.6 is 0 Å². The van der Waals surface area contributed by atoms with Gasteiger partial charge in [-0.05, 0) is 5.56 Å². The van der Waals surface area contributed by atoms with E-state index in [0.717, 1.165) is 17.7 Å². The van der Waals surface area contributed by atoms with Crippen molar-refractivity contribution in [3.63, 3.8) is 0 Å². The van der Waals surface area contributed by atoms with Crippen LogP contribution in [-0.2, 0) is 6.61 Å². The SMILES string of the molecule is O=Cc1c(F)cc(OCc2ccccc2)cc1F. The van der Waals surface area contributed by atoms with Gasteiger partial charge >= 0.3 is 0 Å². The molecule has 4 heteroatoms. The maximum absolute atomic E-state index is 13.3. The Hall–Kier alpha value is -2.23. The van der Waals surface area contributed by atoms with Gasteiger partial charge in [0.15, 0.2) is 6.29 Å². The molecule has 0 aliphatic rings. The van der Waals surface area contributed by atoms with Gasteiger partial charge < -0.3 is 4.74 Å². The highest BCUT2D eigenvalue weighted by molar-refractivity contribution is 5.75. The van der Waals surface area contributed by atoms with Gasteiger partial charge in [0.1, 0.15) is 24.0 Å². The fraction of sp³-hybridized carbons (Fsp3) is 0.0714. The molecule has 0 spiro atoms. The minimum atomic E-state index is -0.923.